The molecule has 1 aromatic heterocycles. The zero-order chi connectivity index (χ0) is 23.5. The summed E-state index contributed by atoms with van der Waals surface area (Å²) in [5.74, 6) is 0.575. The van der Waals surface area contributed by atoms with Crippen LogP contribution in [0.15, 0.2) is 85.1 Å². The van der Waals surface area contributed by atoms with Crippen LogP contribution >= 0.6 is 0 Å². The number of amides is 1. The summed E-state index contributed by atoms with van der Waals surface area (Å²) < 4.78 is 13.9. The fourth-order valence-electron chi connectivity index (χ4n) is 5.38. The first-order chi connectivity index (χ1) is 16.6. The Morgan fingerprint density at radius 1 is 0.941 bits per heavy atom. The number of aromatic nitrogens is 1. The Morgan fingerprint density at radius 3 is 2.47 bits per heavy atom. The zero-order valence-corrected chi connectivity index (χ0v) is 19.4. The van der Waals surface area contributed by atoms with E-state index in [1.807, 2.05) is 66.9 Å². The minimum atomic E-state index is -0.220. The van der Waals surface area contributed by atoms with Crippen molar-refractivity contribution in [2.45, 2.75) is 44.6 Å². The van der Waals surface area contributed by atoms with E-state index < -0.39 is 0 Å². The Kier molecular flexibility index (Phi) is 6.39. The largest absolute Gasteiger partial charge is 0.349 e. The number of hydrogen-bond donors (Lipinski definition) is 1. The molecule has 3 aromatic carbocycles. The molecular weight excluding hydrogens is 423 g/mol. The molecule has 0 aliphatic heterocycles. The van der Waals surface area contributed by atoms with E-state index in [2.05, 4.69) is 17.2 Å². The number of pyridine rings is 1. The number of rotatable bonds is 5. The first-order valence-electron chi connectivity index (χ1n) is 12.1. The Morgan fingerprint density at radius 2 is 1.68 bits per heavy atom. The van der Waals surface area contributed by atoms with Crippen molar-refractivity contribution in [2.75, 3.05) is 0 Å². The zero-order valence-electron chi connectivity index (χ0n) is 19.4. The lowest BCUT2D eigenvalue weighted by atomic mass is 9.75. The van der Waals surface area contributed by atoms with Gasteiger partial charge in [-0.25, -0.2) is 4.39 Å². The van der Waals surface area contributed by atoms with Gasteiger partial charge in [-0.05, 0) is 91.5 Å². The van der Waals surface area contributed by atoms with Gasteiger partial charge in [-0.2, -0.15) is 0 Å². The van der Waals surface area contributed by atoms with Crippen molar-refractivity contribution in [1.29, 1.82) is 0 Å². The van der Waals surface area contributed by atoms with E-state index in [0.717, 1.165) is 47.7 Å². The summed E-state index contributed by atoms with van der Waals surface area (Å²) in [5, 5.41) is 4.19. The fraction of sp³-hybridized carbons (Fsp3) is 0.267. The smallest absolute Gasteiger partial charge is 0.252 e. The van der Waals surface area contributed by atoms with E-state index in [4.69, 9.17) is 0 Å². The molecule has 1 N–H and O–H groups in total. The lowest BCUT2D eigenvalue weighted by Crippen LogP contribution is -2.39. The summed E-state index contributed by atoms with van der Waals surface area (Å²) in [6.45, 7) is 2.12. The monoisotopic (exact) mass is 452 g/mol. The van der Waals surface area contributed by atoms with Crippen LogP contribution in [-0.2, 0) is 0 Å². The molecule has 4 aromatic rings. The van der Waals surface area contributed by atoms with Crippen molar-refractivity contribution in [1.82, 2.24) is 10.3 Å². The standard InChI is InChI=1S/C30H29FN2O/c1-20(33-30(34)27-10-6-5-9-25(27)22-7-3-2-4-8-22)21-11-13-23(14-12-21)26-17-18-32-29-16-15-24(31)19-28(26)29/h2-10,15-21,23H,11-14H2,1H3,(H,33,34)/t20-,21?,23?/m1/s1. The van der Waals surface area contributed by atoms with E-state index in [-0.39, 0.29) is 17.8 Å². The summed E-state index contributed by atoms with van der Waals surface area (Å²) >= 11 is 0. The van der Waals surface area contributed by atoms with Crippen LogP contribution in [0.1, 0.15) is 54.4 Å². The normalized spacial score (nSPS) is 19.0. The maximum absolute atomic E-state index is 13.9. The van der Waals surface area contributed by atoms with Gasteiger partial charge < -0.3 is 5.32 Å². The molecule has 34 heavy (non-hydrogen) atoms. The minimum absolute atomic E-state index is 0.0234. The van der Waals surface area contributed by atoms with Crippen molar-refractivity contribution in [3.8, 4) is 11.1 Å². The second-order valence-electron chi connectivity index (χ2n) is 9.35. The van der Waals surface area contributed by atoms with E-state index in [1.54, 1.807) is 12.1 Å². The van der Waals surface area contributed by atoms with E-state index >= 15 is 0 Å². The maximum atomic E-state index is 13.9. The second-order valence-corrected chi connectivity index (χ2v) is 9.35. The van der Waals surface area contributed by atoms with Crippen LogP contribution in [0.4, 0.5) is 4.39 Å². The van der Waals surface area contributed by atoms with Crippen LogP contribution in [0.3, 0.4) is 0 Å². The average Bonchev–Trinajstić information content (AvgIpc) is 2.89. The van der Waals surface area contributed by atoms with Gasteiger partial charge in [0.2, 0.25) is 0 Å². The Balaban J connectivity index is 1.26. The number of carbonyl (C=O) groups is 1. The highest BCUT2D eigenvalue weighted by atomic mass is 19.1. The summed E-state index contributed by atoms with van der Waals surface area (Å²) in [7, 11) is 0. The van der Waals surface area contributed by atoms with Crippen molar-refractivity contribution >= 4 is 16.8 Å². The topological polar surface area (TPSA) is 42.0 Å². The van der Waals surface area contributed by atoms with Gasteiger partial charge in [0.1, 0.15) is 5.82 Å². The lowest BCUT2D eigenvalue weighted by Gasteiger charge is -2.33. The molecule has 5 rings (SSSR count). The molecule has 4 heteroatoms. The van der Waals surface area contributed by atoms with Crippen molar-refractivity contribution in [2.24, 2.45) is 5.92 Å². The number of halogens is 1. The van der Waals surface area contributed by atoms with Crippen molar-refractivity contribution < 1.29 is 9.18 Å². The second kappa shape index (κ2) is 9.76. The molecule has 1 heterocycles. The Labute approximate surface area is 200 Å². The van der Waals surface area contributed by atoms with Crippen LogP contribution in [0.5, 0.6) is 0 Å². The van der Waals surface area contributed by atoms with Crippen LogP contribution in [0.2, 0.25) is 0 Å². The van der Waals surface area contributed by atoms with Gasteiger partial charge in [-0.3, -0.25) is 9.78 Å². The highest BCUT2D eigenvalue weighted by molar-refractivity contribution is 6.01. The molecule has 0 bridgehead atoms. The van der Waals surface area contributed by atoms with Crippen molar-refractivity contribution in [3.63, 3.8) is 0 Å². The fourth-order valence-corrected chi connectivity index (χ4v) is 5.38. The van der Waals surface area contributed by atoms with E-state index in [0.29, 0.717) is 17.4 Å². The van der Waals surface area contributed by atoms with Gasteiger partial charge in [0.05, 0.1) is 5.52 Å². The quantitative estimate of drug-likeness (QED) is 0.350. The number of fused-ring (bicyclic) bond motifs is 1. The van der Waals surface area contributed by atoms with Gasteiger partial charge in [0, 0.05) is 23.2 Å². The highest BCUT2D eigenvalue weighted by Gasteiger charge is 2.28. The molecule has 0 radical (unpaired) electrons. The van der Waals surface area contributed by atoms with Gasteiger partial charge in [-0.15, -0.1) is 0 Å². The molecule has 0 spiro atoms. The van der Waals surface area contributed by atoms with Gasteiger partial charge in [0.25, 0.3) is 5.91 Å². The number of nitrogens with zero attached hydrogens (tertiary/aromatic N) is 1. The number of carbonyl (C=O) groups excluding carboxylic acids is 1. The number of nitrogens with one attached hydrogen (secondary N) is 1. The van der Waals surface area contributed by atoms with Gasteiger partial charge >= 0.3 is 0 Å². The summed E-state index contributed by atoms with van der Waals surface area (Å²) in [4.78, 5) is 17.6. The summed E-state index contributed by atoms with van der Waals surface area (Å²) in [6, 6.07) is 24.8. The Bertz CT molecular complexity index is 1300. The Hall–Kier alpha value is -3.53. The third kappa shape index (κ3) is 4.58. The number of benzene rings is 3. The first kappa shape index (κ1) is 22.3. The van der Waals surface area contributed by atoms with Crippen LogP contribution < -0.4 is 5.32 Å². The first-order valence-corrected chi connectivity index (χ1v) is 12.1. The molecular formula is C30H29FN2O. The number of hydrogen-bond acceptors (Lipinski definition) is 2. The molecule has 1 saturated carbocycles. The molecule has 1 atom stereocenters. The molecule has 0 unspecified atom stereocenters. The summed E-state index contributed by atoms with van der Waals surface area (Å²) in [6.07, 6.45) is 5.95. The van der Waals surface area contributed by atoms with E-state index in [1.165, 1.54) is 11.6 Å². The third-order valence-electron chi connectivity index (χ3n) is 7.27. The van der Waals surface area contributed by atoms with Crippen LogP contribution in [0.25, 0.3) is 22.0 Å². The van der Waals surface area contributed by atoms with Gasteiger partial charge in [0.15, 0.2) is 0 Å². The maximum Gasteiger partial charge on any atom is 0.252 e. The SMILES string of the molecule is C[C@@H](NC(=O)c1ccccc1-c1ccccc1)C1CCC(c2ccnc3ccc(F)cc23)CC1. The molecule has 1 amide bonds. The molecule has 1 aliphatic rings. The molecule has 172 valence electrons. The molecule has 1 aliphatic carbocycles. The van der Waals surface area contributed by atoms with Gasteiger partial charge in [-0.1, -0.05) is 48.5 Å². The third-order valence-corrected chi connectivity index (χ3v) is 7.27. The minimum Gasteiger partial charge on any atom is -0.349 e. The lowest BCUT2D eigenvalue weighted by molar-refractivity contribution is 0.0918. The predicted molar refractivity (Wildman–Crippen MR) is 135 cm³/mol. The highest BCUT2D eigenvalue weighted by Crippen LogP contribution is 2.39. The molecule has 3 nitrogen and oxygen atoms in total. The van der Waals surface area contributed by atoms with Crippen LogP contribution in [0, 0.1) is 11.7 Å². The van der Waals surface area contributed by atoms with Crippen LogP contribution in [-0.4, -0.2) is 16.9 Å². The average molecular weight is 453 g/mol. The predicted octanol–water partition coefficient (Wildman–Crippen LogP) is 7.13. The van der Waals surface area contributed by atoms with E-state index in [9.17, 15) is 9.18 Å². The summed E-state index contributed by atoms with van der Waals surface area (Å²) in [5.41, 5.74) is 4.74. The molecule has 0 saturated heterocycles. The van der Waals surface area contributed by atoms with Crippen molar-refractivity contribution in [3.05, 3.63) is 102 Å². The molecule has 1 fully saturated rings.